The molecule has 8 nitrogen and oxygen atoms in total. The molecule has 0 saturated heterocycles. The Bertz CT molecular complexity index is 1340. The summed E-state index contributed by atoms with van der Waals surface area (Å²) < 4.78 is 40.1. The number of non-ortho nitro benzene ring substituents is 1. The van der Waals surface area contributed by atoms with Crippen LogP contribution in [0.4, 0.5) is 15.8 Å². The van der Waals surface area contributed by atoms with Crippen molar-refractivity contribution in [3.8, 4) is 0 Å². The maximum absolute atomic E-state index is 14.1. The number of carbonyl (C=O) groups excluding carboxylic acids is 1. The SMILES string of the molecule is Cc1ccc(S(=O)(=O)N(C)C)cc1NC(=O)c1cc([N+](=O)[O-])ccc1Sc1ccccc1F. The van der Waals surface area contributed by atoms with Crippen molar-refractivity contribution in [3.05, 3.63) is 87.7 Å². The molecule has 1 amide bonds. The first-order valence-corrected chi connectivity index (χ1v) is 11.8. The van der Waals surface area contributed by atoms with Gasteiger partial charge in [0.05, 0.1) is 15.4 Å². The van der Waals surface area contributed by atoms with Crippen LogP contribution >= 0.6 is 11.8 Å². The molecule has 3 rings (SSSR count). The lowest BCUT2D eigenvalue weighted by molar-refractivity contribution is -0.384. The Balaban J connectivity index is 2.02. The van der Waals surface area contributed by atoms with Gasteiger partial charge in [0.1, 0.15) is 5.82 Å². The number of nitrogens with zero attached hydrogens (tertiary/aromatic N) is 2. The summed E-state index contributed by atoms with van der Waals surface area (Å²) in [6.45, 7) is 1.68. The van der Waals surface area contributed by atoms with Crippen molar-refractivity contribution < 1.29 is 22.5 Å². The molecule has 0 atom stereocenters. The molecule has 0 fully saturated rings. The Morgan fingerprint density at radius 3 is 2.39 bits per heavy atom. The number of halogens is 1. The van der Waals surface area contributed by atoms with E-state index in [-0.39, 0.29) is 26.7 Å². The monoisotopic (exact) mass is 489 g/mol. The molecule has 1 N–H and O–H groups in total. The molecule has 0 saturated carbocycles. The molecule has 0 heterocycles. The molecule has 0 radical (unpaired) electrons. The lowest BCUT2D eigenvalue weighted by atomic mass is 10.1. The van der Waals surface area contributed by atoms with Crippen LogP contribution in [0, 0.1) is 22.9 Å². The fourth-order valence-corrected chi connectivity index (χ4v) is 4.72. The Kier molecular flexibility index (Phi) is 7.15. The third kappa shape index (κ3) is 5.38. The minimum absolute atomic E-state index is 0.0200. The Hall–Kier alpha value is -3.28. The maximum Gasteiger partial charge on any atom is 0.270 e. The Labute approximate surface area is 194 Å². The zero-order chi connectivity index (χ0) is 24.3. The van der Waals surface area contributed by atoms with E-state index in [2.05, 4.69) is 5.32 Å². The van der Waals surface area contributed by atoms with Gasteiger partial charge in [-0.3, -0.25) is 14.9 Å². The van der Waals surface area contributed by atoms with Gasteiger partial charge >= 0.3 is 0 Å². The first-order chi connectivity index (χ1) is 15.5. The van der Waals surface area contributed by atoms with E-state index in [0.29, 0.717) is 10.5 Å². The van der Waals surface area contributed by atoms with Crippen LogP contribution in [0.2, 0.25) is 0 Å². The molecule has 0 aliphatic heterocycles. The molecule has 0 spiro atoms. The predicted octanol–water partition coefficient (Wildman–Crippen LogP) is 4.70. The number of sulfonamides is 1. The molecule has 0 bridgehead atoms. The minimum Gasteiger partial charge on any atom is -0.322 e. The predicted molar refractivity (Wildman–Crippen MR) is 124 cm³/mol. The topological polar surface area (TPSA) is 110 Å². The van der Waals surface area contributed by atoms with E-state index in [1.165, 1.54) is 56.6 Å². The molecular formula is C22H20FN3O5S2. The second-order valence-electron chi connectivity index (χ2n) is 7.19. The third-order valence-electron chi connectivity index (χ3n) is 4.71. The second kappa shape index (κ2) is 9.69. The number of nitro benzene ring substituents is 1. The number of hydrogen-bond acceptors (Lipinski definition) is 6. The average molecular weight is 490 g/mol. The number of aryl methyl sites for hydroxylation is 1. The van der Waals surface area contributed by atoms with Crippen LogP contribution in [0.15, 0.2) is 75.4 Å². The highest BCUT2D eigenvalue weighted by atomic mass is 32.2. The van der Waals surface area contributed by atoms with Gasteiger partial charge in [-0.25, -0.2) is 17.1 Å². The summed E-state index contributed by atoms with van der Waals surface area (Å²) in [7, 11) is -0.958. The van der Waals surface area contributed by atoms with E-state index in [4.69, 9.17) is 0 Å². The van der Waals surface area contributed by atoms with E-state index in [1.807, 2.05) is 0 Å². The van der Waals surface area contributed by atoms with Gasteiger partial charge in [-0.2, -0.15) is 0 Å². The second-order valence-corrected chi connectivity index (χ2v) is 10.4. The van der Waals surface area contributed by atoms with Crippen LogP contribution in [0.1, 0.15) is 15.9 Å². The first-order valence-electron chi connectivity index (χ1n) is 9.56. The van der Waals surface area contributed by atoms with E-state index in [1.54, 1.807) is 19.1 Å². The minimum atomic E-state index is -3.74. The van der Waals surface area contributed by atoms with E-state index in [9.17, 15) is 27.7 Å². The molecule has 33 heavy (non-hydrogen) atoms. The van der Waals surface area contributed by atoms with Crippen molar-refractivity contribution in [3.63, 3.8) is 0 Å². The van der Waals surface area contributed by atoms with Gasteiger partial charge in [0.2, 0.25) is 10.0 Å². The Morgan fingerprint density at radius 2 is 1.76 bits per heavy atom. The highest BCUT2D eigenvalue weighted by molar-refractivity contribution is 7.99. The van der Waals surface area contributed by atoms with Gasteiger partial charge < -0.3 is 5.32 Å². The fraction of sp³-hybridized carbons (Fsp3) is 0.136. The molecule has 0 aromatic heterocycles. The van der Waals surface area contributed by atoms with Gasteiger partial charge in [-0.15, -0.1) is 0 Å². The van der Waals surface area contributed by atoms with Crippen LogP contribution in [0.3, 0.4) is 0 Å². The average Bonchev–Trinajstić information content (AvgIpc) is 2.76. The summed E-state index contributed by atoms with van der Waals surface area (Å²) in [5, 5.41) is 13.9. The largest absolute Gasteiger partial charge is 0.322 e. The third-order valence-corrected chi connectivity index (χ3v) is 7.65. The number of anilines is 1. The van der Waals surface area contributed by atoms with Gasteiger partial charge in [-0.1, -0.05) is 30.0 Å². The number of carbonyl (C=O) groups is 1. The van der Waals surface area contributed by atoms with E-state index in [0.717, 1.165) is 22.1 Å². The van der Waals surface area contributed by atoms with E-state index >= 15 is 0 Å². The van der Waals surface area contributed by atoms with Crippen molar-refractivity contribution >= 4 is 39.1 Å². The molecule has 172 valence electrons. The van der Waals surface area contributed by atoms with Crippen LogP contribution in [-0.4, -0.2) is 37.6 Å². The van der Waals surface area contributed by atoms with Crippen molar-refractivity contribution in [2.45, 2.75) is 21.6 Å². The molecule has 0 aliphatic carbocycles. The van der Waals surface area contributed by atoms with Gasteiger partial charge in [0, 0.05) is 41.7 Å². The lowest BCUT2D eigenvalue weighted by Crippen LogP contribution is -2.22. The molecule has 3 aromatic rings. The number of nitrogens with one attached hydrogen (secondary N) is 1. The van der Waals surface area contributed by atoms with Crippen LogP contribution in [0.5, 0.6) is 0 Å². The molecule has 3 aromatic carbocycles. The quantitative estimate of drug-likeness (QED) is 0.381. The van der Waals surface area contributed by atoms with Gasteiger partial charge in [0.15, 0.2) is 0 Å². The summed E-state index contributed by atoms with van der Waals surface area (Å²) in [5.74, 6) is -1.19. The number of benzene rings is 3. The zero-order valence-electron chi connectivity index (χ0n) is 17.9. The summed E-state index contributed by atoms with van der Waals surface area (Å²) in [5.41, 5.74) is 0.475. The number of rotatable bonds is 7. The molecule has 0 aliphatic rings. The fourth-order valence-electron chi connectivity index (χ4n) is 2.84. The standard InChI is InChI=1S/C22H20FN3O5S2/c1-14-8-10-16(33(30,31)25(2)3)13-19(14)24-22(27)17-12-15(26(28)29)9-11-20(17)32-21-7-5-4-6-18(21)23/h4-13H,1-3H3,(H,24,27). The smallest absolute Gasteiger partial charge is 0.270 e. The van der Waals surface area contributed by atoms with Crippen molar-refractivity contribution in [2.75, 3.05) is 19.4 Å². The highest BCUT2D eigenvalue weighted by Gasteiger charge is 2.22. The molecule has 11 heteroatoms. The lowest BCUT2D eigenvalue weighted by Gasteiger charge is -2.15. The molecular weight excluding hydrogens is 469 g/mol. The zero-order valence-corrected chi connectivity index (χ0v) is 19.5. The van der Waals surface area contributed by atoms with E-state index < -0.39 is 26.7 Å². The highest BCUT2D eigenvalue weighted by Crippen LogP contribution is 2.34. The van der Waals surface area contributed by atoms with Crippen molar-refractivity contribution in [1.29, 1.82) is 0 Å². The summed E-state index contributed by atoms with van der Waals surface area (Å²) in [4.78, 5) is 24.3. The van der Waals surface area contributed by atoms with Gasteiger partial charge in [-0.05, 0) is 42.8 Å². The number of hydrogen-bond donors (Lipinski definition) is 1. The van der Waals surface area contributed by atoms with Crippen LogP contribution < -0.4 is 5.32 Å². The number of nitro groups is 1. The molecule has 0 unspecified atom stereocenters. The summed E-state index contributed by atoms with van der Waals surface area (Å²) in [6, 6.07) is 14.0. The van der Waals surface area contributed by atoms with Crippen molar-refractivity contribution in [1.82, 2.24) is 4.31 Å². The maximum atomic E-state index is 14.1. The normalized spacial score (nSPS) is 11.4. The van der Waals surface area contributed by atoms with Crippen LogP contribution in [0.25, 0.3) is 0 Å². The van der Waals surface area contributed by atoms with Crippen molar-refractivity contribution in [2.24, 2.45) is 0 Å². The summed E-state index contributed by atoms with van der Waals surface area (Å²) >= 11 is 0.955. The van der Waals surface area contributed by atoms with Crippen LogP contribution in [-0.2, 0) is 10.0 Å². The Morgan fingerprint density at radius 1 is 1.06 bits per heavy atom. The summed E-state index contributed by atoms with van der Waals surface area (Å²) in [6.07, 6.45) is 0. The number of amides is 1. The first kappa shape index (κ1) is 24.4. The van der Waals surface area contributed by atoms with Gasteiger partial charge in [0.25, 0.3) is 11.6 Å².